The summed E-state index contributed by atoms with van der Waals surface area (Å²) in [4.78, 5) is 26.4. The highest BCUT2D eigenvalue weighted by atomic mass is 16.2. The van der Waals surface area contributed by atoms with Gasteiger partial charge in [0.15, 0.2) is 0 Å². The van der Waals surface area contributed by atoms with E-state index in [1.54, 1.807) is 11.9 Å². The van der Waals surface area contributed by atoms with Crippen molar-refractivity contribution in [2.24, 2.45) is 5.92 Å². The van der Waals surface area contributed by atoms with Crippen molar-refractivity contribution >= 4 is 11.8 Å². The number of benzene rings is 2. The van der Waals surface area contributed by atoms with E-state index in [9.17, 15) is 9.59 Å². The molecule has 1 fully saturated rings. The molecule has 2 aromatic carbocycles. The number of nitrogens with zero attached hydrogens (tertiary/aromatic N) is 1. The predicted molar refractivity (Wildman–Crippen MR) is 93.2 cm³/mol. The van der Waals surface area contributed by atoms with Crippen LogP contribution in [0.2, 0.25) is 0 Å². The fourth-order valence-corrected chi connectivity index (χ4v) is 3.32. The molecular formula is C20H22N2O2. The molecule has 2 atom stereocenters. The summed E-state index contributed by atoms with van der Waals surface area (Å²) in [6.07, 6.45) is 1.06. The van der Waals surface area contributed by atoms with Gasteiger partial charge in [-0.1, -0.05) is 60.7 Å². The van der Waals surface area contributed by atoms with Crippen LogP contribution in [0.1, 0.15) is 23.6 Å². The molecule has 1 N–H and O–H groups in total. The standard InChI is InChI=1S/C20H22N2O2/c1-22-18(23)14-17(19(22)16-10-6-3-7-11-16)20(24)21-13-12-15-8-4-2-5-9-15/h2-11,17,19H,12-14H2,1H3,(H,21,24). The molecular weight excluding hydrogens is 300 g/mol. The molecule has 1 heterocycles. The second-order valence-corrected chi connectivity index (χ2v) is 6.20. The maximum atomic E-state index is 12.6. The number of likely N-dealkylation sites (tertiary alicyclic amines) is 1. The molecule has 2 unspecified atom stereocenters. The van der Waals surface area contributed by atoms with Crippen LogP contribution in [-0.2, 0) is 16.0 Å². The summed E-state index contributed by atoms with van der Waals surface area (Å²) in [5.41, 5.74) is 2.20. The minimum absolute atomic E-state index is 0.0204. The molecule has 0 aromatic heterocycles. The highest BCUT2D eigenvalue weighted by Crippen LogP contribution is 2.36. The number of amides is 2. The molecule has 4 nitrogen and oxygen atoms in total. The quantitative estimate of drug-likeness (QED) is 0.920. The van der Waals surface area contributed by atoms with Crippen molar-refractivity contribution in [3.63, 3.8) is 0 Å². The van der Waals surface area contributed by atoms with Crippen LogP contribution in [0.25, 0.3) is 0 Å². The minimum atomic E-state index is -0.333. The van der Waals surface area contributed by atoms with Gasteiger partial charge in [-0.25, -0.2) is 0 Å². The SMILES string of the molecule is CN1C(=O)CC(C(=O)NCCc2ccccc2)C1c1ccccc1. The second kappa shape index (κ2) is 7.30. The summed E-state index contributed by atoms with van der Waals surface area (Å²) in [5, 5.41) is 3.00. The Hall–Kier alpha value is -2.62. The summed E-state index contributed by atoms with van der Waals surface area (Å²) in [5.74, 6) is -0.356. The monoisotopic (exact) mass is 322 g/mol. The van der Waals surface area contributed by atoms with E-state index < -0.39 is 0 Å². The first-order valence-electron chi connectivity index (χ1n) is 8.29. The summed E-state index contributed by atoms with van der Waals surface area (Å²) < 4.78 is 0. The van der Waals surface area contributed by atoms with Crippen molar-refractivity contribution in [1.82, 2.24) is 10.2 Å². The van der Waals surface area contributed by atoms with Gasteiger partial charge in [0.1, 0.15) is 0 Å². The zero-order valence-electron chi connectivity index (χ0n) is 13.8. The van der Waals surface area contributed by atoms with Gasteiger partial charge in [0.25, 0.3) is 0 Å². The van der Waals surface area contributed by atoms with Crippen molar-refractivity contribution in [3.05, 3.63) is 71.8 Å². The third-order valence-electron chi connectivity index (χ3n) is 4.62. The van der Waals surface area contributed by atoms with Crippen molar-refractivity contribution < 1.29 is 9.59 Å². The number of hydrogen-bond donors (Lipinski definition) is 1. The van der Waals surface area contributed by atoms with Gasteiger partial charge in [-0.2, -0.15) is 0 Å². The maximum Gasteiger partial charge on any atom is 0.226 e. The van der Waals surface area contributed by atoms with Crippen molar-refractivity contribution in [3.8, 4) is 0 Å². The molecule has 4 heteroatoms. The van der Waals surface area contributed by atoms with Crippen LogP contribution < -0.4 is 5.32 Å². The minimum Gasteiger partial charge on any atom is -0.355 e. The van der Waals surface area contributed by atoms with E-state index in [0.29, 0.717) is 6.54 Å². The normalized spacial score (nSPS) is 20.2. The summed E-state index contributed by atoms with van der Waals surface area (Å²) in [6.45, 7) is 0.582. The summed E-state index contributed by atoms with van der Waals surface area (Å²) >= 11 is 0. The molecule has 124 valence electrons. The number of carbonyl (C=O) groups excluding carboxylic acids is 2. The Morgan fingerprint density at radius 2 is 1.71 bits per heavy atom. The third-order valence-corrected chi connectivity index (χ3v) is 4.62. The van der Waals surface area contributed by atoms with Gasteiger partial charge in [0, 0.05) is 20.0 Å². The average molecular weight is 322 g/mol. The molecule has 1 saturated heterocycles. The van der Waals surface area contributed by atoms with Crippen molar-refractivity contribution in [2.45, 2.75) is 18.9 Å². The van der Waals surface area contributed by atoms with E-state index in [0.717, 1.165) is 12.0 Å². The molecule has 0 aliphatic carbocycles. The lowest BCUT2D eigenvalue weighted by molar-refractivity contribution is -0.128. The van der Waals surface area contributed by atoms with Crippen LogP contribution in [0.4, 0.5) is 0 Å². The van der Waals surface area contributed by atoms with Gasteiger partial charge in [-0.3, -0.25) is 9.59 Å². The first-order valence-corrected chi connectivity index (χ1v) is 8.29. The first-order chi connectivity index (χ1) is 11.7. The lowest BCUT2D eigenvalue weighted by atomic mass is 9.93. The molecule has 2 amide bonds. The van der Waals surface area contributed by atoms with Crippen molar-refractivity contribution in [2.75, 3.05) is 13.6 Å². The average Bonchev–Trinajstić information content (AvgIpc) is 2.92. The van der Waals surface area contributed by atoms with Crippen LogP contribution in [0.5, 0.6) is 0 Å². The number of hydrogen-bond acceptors (Lipinski definition) is 2. The highest BCUT2D eigenvalue weighted by Gasteiger charge is 2.42. The van der Waals surface area contributed by atoms with Gasteiger partial charge in [0.2, 0.25) is 11.8 Å². The molecule has 0 radical (unpaired) electrons. The molecule has 1 aliphatic rings. The molecule has 2 aromatic rings. The Kier molecular flexibility index (Phi) is 4.94. The summed E-state index contributed by atoms with van der Waals surface area (Å²) in [6, 6.07) is 19.6. The largest absolute Gasteiger partial charge is 0.355 e. The Bertz CT molecular complexity index is 700. The second-order valence-electron chi connectivity index (χ2n) is 6.20. The topological polar surface area (TPSA) is 49.4 Å². The zero-order chi connectivity index (χ0) is 16.9. The lowest BCUT2D eigenvalue weighted by Gasteiger charge is -2.24. The first kappa shape index (κ1) is 16.2. The van der Waals surface area contributed by atoms with Gasteiger partial charge >= 0.3 is 0 Å². The maximum absolute atomic E-state index is 12.6. The Morgan fingerprint density at radius 3 is 2.38 bits per heavy atom. The van der Waals surface area contributed by atoms with Crippen LogP contribution in [0.15, 0.2) is 60.7 Å². The van der Waals surface area contributed by atoms with E-state index in [4.69, 9.17) is 0 Å². The van der Waals surface area contributed by atoms with Crippen LogP contribution in [0, 0.1) is 5.92 Å². The smallest absolute Gasteiger partial charge is 0.226 e. The van der Waals surface area contributed by atoms with E-state index in [-0.39, 0.29) is 30.2 Å². The van der Waals surface area contributed by atoms with E-state index in [1.165, 1.54) is 5.56 Å². The van der Waals surface area contributed by atoms with Gasteiger partial charge in [0.05, 0.1) is 12.0 Å². The van der Waals surface area contributed by atoms with Crippen LogP contribution in [-0.4, -0.2) is 30.3 Å². The van der Waals surface area contributed by atoms with Gasteiger partial charge in [-0.15, -0.1) is 0 Å². The van der Waals surface area contributed by atoms with E-state index >= 15 is 0 Å². The van der Waals surface area contributed by atoms with E-state index in [2.05, 4.69) is 5.32 Å². The fourth-order valence-electron chi connectivity index (χ4n) is 3.32. The molecule has 1 aliphatic heterocycles. The Labute approximate surface area is 142 Å². The predicted octanol–water partition coefficient (Wildman–Crippen LogP) is 2.56. The number of nitrogens with one attached hydrogen (secondary N) is 1. The Balaban J connectivity index is 1.65. The fraction of sp³-hybridized carbons (Fsp3) is 0.300. The van der Waals surface area contributed by atoms with Crippen LogP contribution in [0.3, 0.4) is 0 Å². The number of rotatable bonds is 5. The highest BCUT2D eigenvalue weighted by molar-refractivity contribution is 5.90. The lowest BCUT2D eigenvalue weighted by Crippen LogP contribution is -2.35. The van der Waals surface area contributed by atoms with Gasteiger partial charge < -0.3 is 10.2 Å². The summed E-state index contributed by atoms with van der Waals surface area (Å²) in [7, 11) is 1.78. The molecule has 3 rings (SSSR count). The molecule has 0 bridgehead atoms. The number of carbonyl (C=O) groups is 2. The molecule has 0 saturated carbocycles. The van der Waals surface area contributed by atoms with Crippen LogP contribution >= 0.6 is 0 Å². The third kappa shape index (κ3) is 3.48. The molecule has 0 spiro atoms. The molecule has 24 heavy (non-hydrogen) atoms. The van der Waals surface area contributed by atoms with E-state index in [1.807, 2.05) is 60.7 Å². The zero-order valence-corrected chi connectivity index (χ0v) is 13.8. The van der Waals surface area contributed by atoms with Crippen molar-refractivity contribution in [1.29, 1.82) is 0 Å². The Morgan fingerprint density at radius 1 is 1.08 bits per heavy atom. The van der Waals surface area contributed by atoms with Gasteiger partial charge in [-0.05, 0) is 17.5 Å².